The number of nitrogens with zero attached hydrogens (tertiary/aromatic N) is 1. The molecule has 4 atom stereocenters. The molecule has 0 aromatic heterocycles. The van der Waals surface area contributed by atoms with Crippen molar-refractivity contribution in [3.05, 3.63) is 71.8 Å². The number of amides is 1. The van der Waals surface area contributed by atoms with Crippen LogP contribution in [0.15, 0.2) is 60.7 Å². The highest BCUT2D eigenvalue weighted by molar-refractivity contribution is 5.88. The van der Waals surface area contributed by atoms with Gasteiger partial charge in [-0.3, -0.25) is 4.79 Å². The molecule has 2 fully saturated rings. The number of hydrogen-bond donors (Lipinski definition) is 2. The Morgan fingerprint density at radius 1 is 1.11 bits per heavy atom. The van der Waals surface area contributed by atoms with Crippen molar-refractivity contribution in [2.45, 2.75) is 31.3 Å². The van der Waals surface area contributed by atoms with E-state index >= 15 is 0 Å². The summed E-state index contributed by atoms with van der Waals surface area (Å²) in [6.45, 7) is 4.73. The van der Waals surface area contributed by atoms with Crippen molar-refractivity contribution in [1.29, 1.82) is 0 Å². The first-order valence-corrected chi connectivity index (χ1v) is 9.61. The van der Waals surface area contributed by atoms with E-state index in [1.807, 2.05) is 74.5 Å². The van der Waals surface area contributed by atoms with E-state index in [2.05, 4.69) is 0 Å². The molecule has 2 N–H and O–H groups in total. The lowest BCUT2D eigenvalue weighted by Gasteiger charge is -2.29. The van der Waals surface area contributed by atoms with Gasteiger partial charge in [0.15, 0.2) is 0 Å². The number of benzene rings is 2. The SMILES string of the molecule is CC(C)(C(=O)N1C[C@@H](O)[C@@]2(C1)[C@H](CO)[C@H]2c1ccccc1)c1ccccc1. The number of aliphatic hydroxyl groups is 2. The first-order chi connectivity index (χ1) is 12.9. The van der Waals surface area contributed by atoms with Gasteiger partial charge < -0.3 is 15.1 Å². The zero-order valence-electron chi connectivity index (χ0n) is 15.9. The molecular weight excluding hydrogens is 338 g/mol. The predicted octanol–water partition coefficient (Wildman–Crippen LogP) is 2.56. The molecule has 0 bridgehead atoms. The molecule has 1 spiro atoms. The van der Waals surface area contributed by atoms with Crippen LogP contribution in [0.5, 0.6) is 0 Å². The van der Waals surface area contributed by atoms with Crippen molar-refractivity contribution >= 4 is 5.91 Å². The Bertz CT molecular complexity index is 820. The number of β-amino-alcohol motifs (C(OH)–C–C–N with tert-alkyl or cyclic N) is 1. The van der Waals surface area contributed by atoms with Crippen molar-refractivity contribution in [3.63, 3.8) is 0 Å². The van der Waals surface area contributed by atoms with Crippen molar-refractivity contribution in [2.75, 3.05) is 19.7 Å². The summed E-state index contributed by atoms with van der Waals surface area (Å²) in [7, 11) is 0. The van der Waals surface area contributed by atoms with E-state index in [1.54, 1.807) is 4.90 Å². The van der Waals surface area contributed by atoms with Crippen LogP contribution in [0.25, 0.3) is 0 Å². The van der Waals surface area contributed by atoms with Gasteiger partial charge in [0, 0.05) is 25.1 Å². The Hall–Kier alpha value is -2.17. The average molecular weight is 365 g/mol. The summed E-state index contributed by atoms with van der Waals surface area (Å²) in [5.74, 6) is 0.115. The van der Waals surface area contributed by atoms with Crippen molar-refractivity contribution in [3.8, 4) is 0 Å². The standard InChI is InChI=1S/C23H27NO3/c1-22(2,17-11-7-4-8-12-17)21(27)24-13-19(26)23(15-24)18(14-25)20(23)16-9-5-3-6-10-16/h3-12,18-20,25-26H,13-15H2,1-2H3/t18-,19-,20-,23-/m1/s1. The van der Waals surface area contributed by atoms with Gasteiger partial charge in [-0.2, -0.15) is 0 Å². The topological polar surface area (TPSA) is 60.8 Å². The van der Waals surface area contributed by atoms with Crippen LogP contribution >= 0.6 is 0 Å². The molecule has 142 valence electrons. The van der Waals surface area contributed by atoms with E-state index in [0.717, 1.165) is 11.1 Å². The highest BCUT2D eigenvalue weighted by atomic mass is 16.3. The molecule has 1 amide bonds. The Morgan fingerprint density at radius 3 is 2.30 bits per heavy atom. The molecule has 27 heavy (non-hydrogen) atoms. The molecule has 1 aliphatic heterocycles. The fraction of sp³-hybridized carbons (Fsp3) is 0.435. The van der Waals surface area contributed by atoms with Crippen LogP contribution in [0.1, 0.15) is 30.9 Å². The van der Waals surface area contributed by atoms with E-state index < -0.39 is 16.9 Å². The first kappa shape index (κ1) is 18.2. The molecule has 2 aliphatic rings. The van der Waals surface area contributed by atoms with Crippen molar-refractivity contribution in [1.82, 2.24) is 4.90 Å². The lowest BCUT2D eigenvalue weighted by Crippen LogP contribution is -2.42. The zero-order chi connectivity index (χ0) is 19.2. The molecule has 4 heteroatoms. The number of rotatable bonds is 4. The summed E-state index contributed by atoms with van der Waals surface area (Å²) >= 11 is 0. The van der Waals surface area contributed by atoms with Crippen molar-refractivity contribution in [2.24, 2.45) is 11.3 Å². The van der Waals surface area contributed by atoms with Crippen LogP contribution in [0.2, 0.25) is 0 Å². The van der Waals surface area contributed by atoms with Gasteiger partial charge in [-0.1, -0.05) is 60.7 Å². The molecule has 4 rings (SSSR count). The smallest absolute Gasteiger partial charge is 0.232 e. The largest absolute Gasteiger partial charge is 0.396 e. The van der Waals surface area contributed by atoms with Crippen LogP contribution in [-0.4, -0.2) is 46.8 Å². The maximum absolute atomic E-state index is 13.3. The average Bonchev–Trinajstić information content (AvgIpc) is 3.23. The third kappa shape index (κ3) is 2.70. The summed E-state index contributed by atoms with van der Waals surface area (Å²) in [5.41, 5.74) is 1.02. The second-order valence-corrected chi connectivity index (χ2v) is 8.48. The quantitative estimate of drug-likeness (QED) is 0.875. The van der Waals surface area contributed by atoms with Crippen LogP contribution in [0, 0.1) is 11.3 Å². The van der Waals surface area contributed by atoms with Crippen LogP contribution in [0.4, 0.5) is 0 Å². The summed E-state index contributed by atoms with van der Waals surface area (Å²) < 4.78 is 0. The summed E-state index contributed by atoms with van der Waals surface area (Å²) in [6, 6.07) is 19.8. The third-order valence-corrected chi connectivity index (χ3v) is 6.71. The lowest BCUT2D eigenvalue weighted by molar-refractivity contribution is -0.135. The van der Waals surface area contributed by atoms with E-state index in [0.29, 0.717) is 13.1 Å². The van der Waals surface area contributed by atoms with E-state index in [9.17, 15) is 15.0 Å². The molecule has 2 aromatic rings. The Labute approximate surface area is 160 Å². The zero-order valence-corrected chi connectivity index (χ0v) is 15.9. The first-order valence-electron chi connectivity index (χ1n) is 9.61. The second kappa shape index (κ2) is 6.47. The minimum Gasteiger partial charge on any atom is -0.396 e. The highest BCUT2D eigenvalue weighted by Gasteiger charge is 2.71. The molecule has 0 radical (unpaired) electrons. The van der Waals surface area contributed by atoms with Gasteiger partial charge >= 0.3 is 0 Å². The highest BCUT2D eigenvalue weighted by Crippen LogP contribution is 2.68. The van der Waals surface area contributed by atoms with Gasteiger partial charge in [-0.25, -0.2) is 0 Å². The monoisotopic (exact) mass is 365 g/mol. The molecule has 2 aromatic carbocycles. The maximum atomic E-state index is 13.3. The number of carbonyl (C=O) groups is 1. The lowest BCUT2D eigenvalue weighted by atomic mass is 9.83. The molecule has 0 unspecified atom stereocenters. The molecule has 4 nitrogen and oxygen atoms in total. The number of carbonyl (C=O) groups excluding carboxylic acids is 1. The molecule has 1 saturated carbocycles. The van der Waals surface area contributed by atoms with E-state index in [1.165, 1.54) is 0 Å². The molecule has 1 heterocycles. The Kier molecular flexibility index (Phi) is 4.36. The molecular formula is C23H27NO3. The van der Waals surface area contributed by atoms with Gasteiger partial charge in [-0.15, -0.1) is 0 Å². The van der Waals surface area contributed by atoms with Gasteiger partial charge in [0.05, 0.1) is 11.5 Å². The number of likely N-dealkylation sites (tertiary alicyclic amines) is 1. The summed E-state index contributed by atoms with van der Waals surface area (Å²) in [4.78, 5) is 15.1. The van der Waals surface area contributed by atoms with Crippen LogP contribution in [-0.2, 0) is 10.2 Å². The minimum atomic E-state index is -0.654. The van der Waals surface area contributed by atoms with Crippen LogP contribution in [0.3, 0.4) is 0 Å². The Balaban J connectivity index is 1.59. The predicted molar refractivity (Wildman–Crippen MR) is 104 cm³/mol. The summed E-state index contributed by atoms with van der Waals surface area (Å²) in [6.07, 6.45) is -0.615. The third-order valence-electron chi connectivity index (χ3n) is 6.71. The number of aliphatic hydroxyl groups excluding tert-OH is 2. The van der Waals surface area contributed by atoms with Crippen LogP contribution < -0.4 is 0 Å². The number of hydrogen-bond acceptors (Lipinski definition) is 3. The fourth-order valence-electron chi connectivity index (χ4n) is 5.10. The normalized spacial score (nSPS) is 29.9. The molecule has 1 saturated heterocycles. The van der Waals surface area contributed by atoms with Gasteiger partial charge in [0.2, 0.25) is 5.91 Å². The maximum Gasteiger partial charge on any atom is 0.232 e. The van der Waals surface area contributed by atoms with Gasteiger partial charge in [-0.05, 0) is 36.8 Å². The van der Waals surface area contributed by atoms with Gasteiger partial charge in [0.25, 0.3) is 0 Å². The minimum absolute atomic E-state index is 0.00691. The van der Waals surface area contributed by atoms with Gasteiger partial charge in [0.1, 0.15) is 0 Å². The van der Waals surface area contributed by atoms with E-state index in [4.69, 9.17) is 0 Å². The molecule has 1 aliphatic carbocycles. The van der Waals surface area contributed by atoms with Crippen molar-refractivity contribution < 1.29 is 15.0 Å². The second-order valence-electron chi connectivity index (χ2n) is 8.48. The summed E-state index contributed by atoms with van der Waals surface area (Å²) in [5, 5.41) is 20.8. The fourth-order valence-corrected chi connectivity index (χ4v) is 5.10. The van der Waals surface area contributed by atoms with E-state index in [-0.39, 0.29) is 24.3 Å². The Morgan fingerprint density at radius 2 is 1.70 bits per heavy atom.